The summed E-state index contributed by atoms with van der Waals surface area (Å²) in [6.45, 7) is 40.0. The number of rotatable bonds is 56. The quantitative estimate of drug-likeness (QED) is 0.0382. The Morgan fingerprint density at radius 3 is 0.955 bits per heavy atom. The molecule has 3 aromatic heterocycles. The molecule has 2 aliphatic rings. The Bertz CT molecular complexity index is 4150. The smallest absolute Gasteiger partial charge is 0.208 e. The van der Waals surface area contributed by atoms with E-state index in [0.29, 0.717) is 167 Å². The van der Waals surface area contributed by atoms with E-state index in [-0.39, 0.29) is 41.4 Å². The fourth-order valence-corrected chi connectivity index (χ4v) is 15.8. The minimum absolute atomic E-state index is 0.235. The summed E-state index contributed by atoms with van der Waals surface area (Å²) in [4.78, 5) is 46.4. The van der Waals surface area contributed by atoms with Gasteiger partial charge in [-0.05, 0) is 111 Å². The van der Waals surface area contributed by atoms with E-state index in [1.165, 1.54) is 0 Å². The molecule has 0 fully saturated rings. The zero-order valence-corrected chi connectivity index (χ0v) is 72.5. The second-order valence-corrected chi connectivity index (χ2v) is 32.6. The van der Waals surface area contributed by atoms with E-state index in [1.54, 1.807) is 0 Å². The number of hydrogen-bond donors (Lipinski definition) is 1. The summed E-state index contributed by atoms with van der Waals surface area (Å²) >= 11 is 0. The first-order chi connectivity index (χ1) is 54.9. The summed E-state index contributed by atoms with van der Waals surface area (Å²) < 4.78 is 55.2. The Kier molecular flexibility index (Phi) is 37.1. The molecule has 16 nitrogen and oxygen atoms in total. The minimum atomic E-state index is 0.235. The molecule has 5 heterocycles. The predicted octanol–water partition coefficient (Wildman–Crippen LogP) is 27.2. The van der Waals surface area contributed by atoms with Crippen LogP contribution in [0.1, 0.15) is 316 Å². The second-order valence-electron chi connectivity index (χ2n) is 32.6. The van der Waals surface area contributed by atoms with Gasteiger partial charge in [-0.25, -0.2) is 29.9 Å². The van der Waals surface area contributed by atoms with E-state index >= 15 is 0 Å². The molecule has 8 bridgehead atoms. The van der Waals surface area contributed by atoms with Gasteiger partial charge in [0.25, 0.3) is 0 Å². The third-order valence-corrected chi connectivity index (χ3v) is 24.2. The van der Waals surface area contributed by atoms with E-state index in [1.807, 2.05) is 4.73 Å². The summed E-state index contributed by atoms with van der Waals surface area (Å²) in [6.07, 6.45) is 33.3. The van der Waals surface area contributed by atoms with Crippen molar-refractivity contribution in [3.8, 4) is 85.8 Å². The van der Waals surface area contributed by atoms with Crippen LogP contribution >= 0.6 is 0 Å². The number of nitrogens with zero attached hydrogens (tertiary/aromatic N) is 7. The van der Waals surface area contributed by atoms with Crippen LogP contribution in [0.5, 0.6) is 40.2 Å². The topological polar surface area (TPSA) is 172 Å². The monoisotopic (exact) mass is 1540 g/mol. The number of benzene rings is 4. The average Bonchev–Trinajstić information content (AvgIpc) is 1.55. The van der Waals surface area contributed by atoms with Crippen molar-refractivity contribution < 1.29 is 38.0 Å². The normalized spacial score (nSPS) is 14.1. The van der Waals surface area contributed by atoms with E-state index in [0.717, 1.165) is 227 Å². The molecule has 0 saturated heterocycles. The highest BCUT2D eigenvalue weighted by Crippen LogP contribution is 2.57. The highest BCUT2D eigenvalue weighted by Gasteiger charge is 2.36. The number of H-pyrrole nitrogens is 1. The van der Waals surface area contributed by atoms with Crippen LogP contribution in [0.3, 0.4) is 0 Å². The van der Waals surface area contributed by atoms with E-state index in [4.69, 9.17) is 67.9 Å². The summed E-state index contributed by atoms with van der Waals surface area (Å²) in [5.74, 6) is 7.71. The van der Waals surface area contributed by atoms with Crippen LogP contribution < -0.4 is 38.0 Å². The highest BCUT2D eigenvalue weighted by molar-refractivity contribution is 6.15. The number of unbranched alkanes of at least 4 members (excludes halogenated alkanes) is 8. The van der Waals surface area contributed by atoms with Crippen molar-refractivity contribution in [2.45, 2.75) is 316 Å². The van der Waals surface area contributed by atoms with Gasteiger partial charge in [-0.15, -0.1) is 4.73 Å². The average molecular weight is 1540 g/mol. The lowest BCUT2D eigenvalue weighted by molar-refractivity contribution is 0.0894. The van der Waals surface area contributed by atoms with Gasteiger partial charge in [0.15, 0.2) is 57.6 Å². The molecule has 0 spiro atoms. The first kappa shape index (κ1) is 88.6. The fourth-order valence-electron chi connectivity index (χ4n) is 15.8. The van der Waals surface area contributed by atoms with Crippen molar-refractivity contribution in [1.29, 1.82) is 0 Å². The number of ether oxygens (including phenoxy) is 7. The largest absolute Gasteiger partial charge is 0.489 e. The molecule has 112 heavy (non-hydrogen) atoms. The van der Waals surface area contributed by atoms with Crippen LogP contribution in [-0.2, 0) is 0 Å². The molecule has 0 radical (unpaired) electrons. The summed E-state index contributed by atoms with van der Waals surface area (Å²) in [7, 11) is 0. The number of fused-ring (bicyclic) bond motifs is 20. The Morgan fingerprint density at radius 2 is 0.589 bits per heavy atom. The van der Waals surface area contributed by atoms with Crippen molar-refractivity contribution in [3.63, 3.8) is 0 Å². The van der Waals surface area contributed by atoms with Crippen molar-refractivity contribution >= 4 is 44.1 Å². The van der Waals surface area contributed by atoms with E-state index < -0.39 is 0 Å². The Labute approximate surface area is 675 Å². The summed E-state index contributed by atoms with van der Waals surface area (Å²) in [5, 5.41) is 3.01. The van der Waals surface area contributed by atoms with Gasteiger partial charge in [-0.1, -0.05) is 307 Å². The Hall–Kier alpha value is -7.36. The zero-order chi connectivity index (χ0) is 79.7. The summed E-state index contributed by atoms with van der Waals surface area (Å²) in [5.41, 5.74) is 5.05. The van der Waals surface area contributed by atoms with Crippen molar-refractivity contribution in [2.24, 2.45) is 47.3 Å². The molecular weight excluding hydrogens is 1390 g/mol. The predicted molar refractivity (Wildman–Crippen MR) is 466 cm³/mol. The zero-order valence-electron chi connectivity index (χ0n) is 72.5. The Morgan fingerprint density at radius 1 is 0.295 bits per heavy atom. The van der Waals surface area contributed by atoms with Crippen LogP contribution in [0.15, 0.2) is 54.6 Å². The molecule has 618 valence electrons. The van der Waals surface area contributed by atoms with Gasteiger partial charge in [0.2, 0.25) is 17.2 Å². The number of aromatic nitrogens is 8. The third kappa shape index (κ3) is 23.0. The molecule has 0 aliphatic carbocycles. The minimum Gasteiger partial charge on any atom is -0.489 e. The molecule has 0 saturated carbocycles. The molecular formula is C96H146N8O8. The van der Waals surface area contributed by atoms with Crippen LogP contribution in [0.4, 0.5) is 0 Å². The van der Waals surface area contributed by atoms with Gasteiger partial charge in [0.1, 0.15) is 17.9 Å². The first-order valence-corrected chi connectivity index (χ1v) is 45.4. The third-order valence-electron chi connectivity index (χ3n) is 24.2. The lowest BCUT2D eigenvalue weighted by Gasteiger charge is -2.26. The molecule has 4 aromatic carbocycles. The van der Waals surface area contributed by atoms with Gasteiger partial charge < -0.3 is 43.0 Å². The lowest BCUT2D eigenvalue weighted by Crippen LogP contribution is -2.20. The molecule has 1 N–H and O–H groups in total. The second kappa shape index (κ2) is 46.9. The van der Waals surface area contributed by atoms with E-state index in [9.17, 15) is 0 Å². The van der Waals surface area contributed by atoms with Crippen LogP contribution in [0.2, 0.25) is 0 Å². The maximum atomic E-state index is 7.76. The maximum absolute atomic E-state index is 7.76. The van der Waals surface area contributed by atoms with Gasteiger partial charge >= 0.3 is 0 Å². The molecule has 9 rings (SSSR count). The van der Waals surface area contributed by atoms with Crippen molar-refractivity contribution in [3.05, 3.63) is 54.6 Å². The first-order valence-electron chi connectivity index (χ1n) is 45.4. The number of nitrogens with one attached hydrogen (secondary N) is 1. The molecule has 16 heteroatoms. The van der Waals surface area contributed by atoms with Crippen molar-refractivity contribution in [1.82, 2.24) is 39.6 Å². The van der Waals surface area contributed by atoms with Crippen LogP contribution in [-0.4, -0.2) is 92.5 Å². The Balaban J connectivity index is 1.58. The molecule has 7 aromatic rings. The molecule has 0 amide bonds. The van der Waals surface area contributed by atoms with Gasteiger partial charge in [-0.3, -0.25) is 0 Å². The molecule has 8 unspecified atom stereocenters. The summed E-state index contributed by atoms with van der Waals surface area (Å²) in [6, 6.07) is 18.8. The lowest BCUT2D eigenvalue weighted by atomic mass is 9.99. The van der Waals surface area contributed by atoms with Gasteiger partial charge in [0, 0.05) is 27.5 Å². The van der Waals surface area contributed by atoms with E-state index in [2.05, 4.69) is 170 Å². The van der Waals surface area contributed by atoms with Gasteiger partial charge in [0.05, 0.1) is 62.6 Å². The maximum Gasteiger partial charge on any atom is 0.208 e. The van der Waals surface area contributed by atoms with Crippen LogP contribution in [0, 0.1) is 47.3 Å². The number of hydrogen-bond acceptors (Lipinski definition) is 14. The standard InChI is InChI=1S/C96H146N8O8/c1-17-33-45-66(25-9)58-105-79-57-78-80(84(107-60-68(27-11)47-35-19-3)83(79)106-59-67(26-10)46-34-18-2)92-99-91(78)103-96-77-56-44-43-55-76(77)95(104(96)112-65-73(32-16)52-40-24-8)102-90-75-54-42-41-53-74(75)89(97-90)98-93-81-82(94(100-92)101-93)86(109-62-70(29-13)49-37-21-5)88(111-64-72(31-15)51-39-23-7)87(110-63-71(30-14)50-38-22-6)85(81)108-61-69(28-12)48-36-20-4/h41-44,53-57,66-73H,17-40,45-52,58-65H2,1-16H3,(H,97,98,99,100,101,102,103). The molecule has 8 atom stereocenters. The highest BCUT2D eigenvalue weighted by atomic mass is 16.7. The van der Waals surface area contributed by atoms with Crippen molar-refractivity contribution in [2.75, 3.05) is 52.9 Å². The fraction of sp³-hybridized carbons (Fsp3) is 0.667. The van der Waals surface area contributed by atoms with Crippen LogP contribution in [0.25, 0.3) is 89.7 Å². The SMILES string of the molecule is CCCCC(CC)COc1cc2c(c(OCC(CC)CCCC)c1OCC(CC)CCCC)-c1nc-2nc2c3ccccc3c(nc3nc(nc4[nH]c(n1)c1c(OCC(CC)CCCC)c(OCC(CC)CCCC)c(OCC(CC)CCCC)c(OCC(CC)CCCC)c41)-c1ccccc1-3)n2OCC(CC)CCCC. The molecule has 2 aliphatic heterocycles. The number of aromatic amines is 1. The van der Waals surface area contributed by atoms with Gasteiger partial charge in [-0.2, -0.15) is 0 Å².